The first kappa shape index (κ1) is 15.5. The number of benzene rings is 1. The van der Waals surface area contributed by atoms with Gasteiger partial charge in [-0.05, 0) is 25.5 Å². The van der Waals surface area contributed by atoms with Crippen molar-refractivity contribution in [1.29, 1.82) is 0 Å². The average molecular weight is 309 g/mol. The highest BCUT2D eigenvalue weighted by Gasteiger charge is 2.19. The molecule has 3 N–H and O–H groups in total. The maximum atomic E-state index is 12.3. The van der Waals surface area contributed by atoms with Gasteiger partial charge in [0, 0.05) is 6.54 Å². The molecule has 0 aliphatic carbocycles. The number of nitrogens with one attached hydrogen (secondary N) is 3. The second-order valence-corrected chi connectivity index (χ2v) is 6.37. The molecule has 0 bridgehead atoms. The zero-order valence-corrected chi connectivity index (χ0v) is 12.8. The van der Waals surface area contributed by atoms with Crippen molar-refractivity contribution < 1.29 is 8.42 Å². The zero-order valence-electron chi connectivity index (χ0n) is 12.0. The van der Waals surface area contributed by atoms with Crippen molar-refractivity contribution >= 4 is 15.7 Å². The van der Waals surface area contributed by atoms with Gasteiger partial charge in [0.1, 0.15) is 17.0 Å². The Kier molecular flexibility index (Phi) is 4.92. The normalized spacial score (nSPS) is 13.0. The van der Waals surface area contributed by atoms with Crippen LogP contribution in [0.1, 0.15) is 32.1 Å². The molecule has 0 radical (unpaired) electrons. The largest absolute Gasteiger partial charge is 0.374 e. The molecule has 1 heterocycles. The molecule has 1 atom stereocenters. The second kappa shape index (κ2) is 6.68. The van der Waals surface area contributed by atoms with Crippen molar-refractivity contribution in [2.75, 3.05) is 11.9 Å². The molecule has 0 fully saturated rings. The summed E-state index contributed by atoms with van der Waals surface area (Å²) in [5, 5.41) is 9.69. The number of sulfonamides is 1. The fourth-order valence-corrected chi connectivity index (χ4v) is 3.16. The molecule has 0 aliphatic heterocycles. The summed E-state index contributed by atoms with van der Waals surface area (Å²) in [5.41, 5.74) is 0.532. The van der Waals surface area contributed by atoms with Gasteiger partial charge < -0.3 is 5.32 Å². The molecule has 0 aliphatic rings. The first-order valence-electron chi connectivity index (χ1n) is 6.75. The first-order valence-corrected chi connectivity index (χ1v) is 8.23. The van der Waals surface area contributed by atoms with Gasteiger partial charge in [-0.3, -0.25) is 5.10 Å². The van der Waals surface area contributed by atoms with Crippen LogP contribution in [0, 0.1) is 0 Å². The van der Waals surface area contributed by atoms with Crippen molar-refractivity contribution in [3.05, 3.63) is 36.4 Å². The molecule has 1 aromatic heterocycles. The number of aromatic nitrogens is 3. The third-order valence-electron chi connectivity index (χ3n) is 2.93. The Hall–Kier alpha value is -1.93. The maximum absolute atomic E-state index is 12.3. The molecule has 0 amide bonds. The molecule has 0 spiro atoms. The van der Waals surface area contributed by atoms with Gasteiger partial charge in [-0.2, -0.15) is 5.10 Å². The maximum Gasteiger partial charge on any atom is 0.242 e. The minimum absolute atomic E-state index is 0.185. The second-order valence-electron chi connectivity index (χ2n) is 4.63. The molecular formula is C13H19N5O2S. The van der Waals surface area contributed by atoms with Gasteiger partial charge in [-0.15, -0.1) is 0 Å². The lowest BCUT2D eigenvalue weighted by Gasteiger charge is -2.16. The van der Waals surface area contributed by atoms with Crippen molar-refractivity contribution in [3.63, 3.8) is 0 Å². The van der Waals surface area contributed by atoms with Gasteiger partial charge in [-0.25, -0.2) is 18.1 Å². The standard InChI is InChI=1S/C13H19N5O2S/c1-3-8-16-21(19,20)12-7-5-4-6-11(12)17-10(2)13-14-9-15-18-13/h4-7,9-10,16-17H,3,8H2,1-2H3,(H,14,15,18). The first-order chi connectivity index (χ1) is 10.0. The number of hydrogen-bond acceptors (Lipinski definition) is 5. The number of hydrogen-bond donors (Lipinski definition) is 3. The summed E-state index contributed by atoms with van der Waals surface area (Å²) in [6.45, 7) is 4.20. The highest BCUT2D eigenvalue weighted by atomic mass is 32.2. The minimum atomic E-state index is -3.53. The van der Waals surface area contributed by atoms with E-state index in [1.165, 1.54) is 6.33 Å². The topological polar surface area (TPSA) is 99.8 Å². The molecule has 0 saturated heterocycles. The van der Waals surface area contributed by atoms with Crippen LogP contribution in [-0.4, -0.2) is 30.1 Å². The van der Waals surface area contributed by atoms with Crippen LogP contribution in [0.15, 0.2) is 35.5 Å². The van der Waals surface area contributed by atoms with E-state index in [1.807, 2.05) is 13.8 Å². The Morgan fingerprint density at radius 1 is 1.33 bits per heavy atom. The van der Waals surface area contributed by atoms with Crippen LogP contribution in [0.4, 0.5) is 5.69 Å². The van der Waals surface area contributed by atoms with Gasteiger partial charge >= 0.3 is 0 Å². The Morgan fingerprint density at radius 3 is 2.76 bits per heavy atom. The number of nitrogens with zero attached hydrogens (tertiary/aromatic N) is 2. The monoisotopic (exact) mass is 309 g/mol. The van der Waals surface area contributed by atoms with E-state index in [1.54, 1.807) is 24.3 Å². The van der Waals surface area contributed by atoms with Crippen LogP contribution in [-0.2, 0) is 10.0 Å². The smallest absolute Gasteiger partial charge is 0.242 e. The number of para-hydroxylation sites is 1. The minimum Gasteiger partial charge on any atom is -0.374 e. The average Bonchev–Trinajstić information content (AvgIpc) is 3.00. The highest BCUT2D eigenvalue weighted by molar-refractivity contribution is 7.89. The molecule has 0 saturated carbocycles. The van der Waals surface area contributed by atoms with E-state index in [-0.39, 0.29) is 10.9 Å². The summed E-state index contributed by atoms with van der Waals surface area (Å²) in [6, 6.07) is 6.61. The van der Waals surface area contributed by atoms with Crippen LogP contribution in [0.2, 0.25) is 0 Å². The summed E-state index contributed by atoms with van der Waals surface area (Å²) in [7, 11) is -3.53. The van der Waals surface area contributed by atoms with Crippen LogP contribution < -0.4 is 10.0 Å². The third kappa shape index (κ3) is 3.79. The third-order valence-corrected chi connectivity index (χ3v) is 4.45. The van der Waals surface area contributed by atoms with E-state index in [0.29, 0.717) is 18.1 Å². The molecular weight excluding hydrogens is 290 g/mol. The SMILES string of the molecule is CCCNS(=O)(=O)c1ccccc1NC(C)c1ncn[nH]1. The van der Waals surface area contributed by atoms with Gasteiger partial charge in [0.25, 0.3) is 0 Å². The summed E-state index contributed by atoms with van der Waals surface area (Å²) >= 11 is 0. The lowest BCUT2D eigenvalue weighted by atomic mass is 10.2. The quantitative estimate of drug-likeness (QED) is 0.722. The van der Waals surface area contributed by atoms with Gasteiger partial charge in [0.05, 0.1) is 11.7 Å². The van der Waals surface area contributed by atoms with Crippen LogP contribution >= 0.6 is 0 Å². The molecule has 2 aromatic rings. The molecule has 8 heteroatoms. The molecule has 114 valence electrons. The Balaban J connectivity index is 2.25. The van der Waals surface area contributed by atoms with E-state index in [0.717, 1.165) is 6.42 Å². The number of aromatic amines is 1. The fraction of sp³-hybridized carbons (Fsp3) is 0.385. The van der Waals surface area contributed by atoms with Crippen molar-refractivity contribution in [2.24, 2.45) is 0 Å². The zero-order chi connectivity index (χ0) is 15.3. The lowest BCUT2D eigenvalue weighted by molar-refractivity contribution is 0.581. The van der Waals surface area contributed by atoms with E-state index < -0.39 is 10.0 Å². The van der Waals surface area contributed by atoms with E-state index in [2.05, 4.69) is 25.2 Å². The van der Waals surface area contributed by atoms with E-state index >= 15 is 0 Å². The molecule has 1 unspecified atom stereocenters. The number of rotatable bonds is 7. The Bertz CT molecular complexity index is 670. The van der Waals surface area contributed by atoms with Crippen LogP contribution in [0.3, 0.4) is 0 Å². The summed E-state index contributed by atoms with van der Waals surface area (Å²) < 4.78 is 27.2. The lowest BCUT2D eigenvalue weighted by Crippen LogP contribution is -2.25. The van der Waals surface area contributed by atoms with E-state index in [9.17, 15) is 8.42 Å². The highest BCUT2D eigenvalue weighted by Crippen LogP contribution is 2.24. The molecule has 1 aromatic carbocycles. The van der Waals surface area contributed by atoms with Gasteiger partial charge in [-0.1, -0.05) is 19.1 Å². The van der Waals surface area contributed by atoms with Crippen LogP contribution in [0.25, 0.3) is 0 Å². The molecule has 7 nitrogen and oxygen atoms in total. The predicted octanol–water partition coefficient (Wildman–Crippen LogP) is 1.67. The predicted molar refractivity (Wildman–Crippen MR) is 80.3 cm³/mol. The van der Waals surface area contributed by atoms with Crippen molar-refractivity contribution in [1.82, 2.24) is 19.9 Å². The Morgan fingerprint density at radius 2 is 2.10 bits per heavy atom. The molecule has 2 rings (SSSR count). The fourth-order valence-electron chi connectivity index (χ4n) is 1.86. The summed E-state index contributed by atoms with van der Waals surface area (Å²) in [6.07, 6.45) is 2.16. The number of H-pyrrole nitrogens is 1. The Labute approximate surface area is 124 Å². The van der Waals surface area contributed by atoms with Crippen molar-refractivity contribution in [3.8, 4) is 0 Å². The van der Waals surface area contributed by atoms with Crippen molar-refractivity contribution in [2.45, 2.75) is 31.2 Å². The number of anilines is 1. The summed E-state index contributed by atoms with van der Waals surface area (Å²) in [5.74, 6) is 0.642. The van der Waals surface area contributed by atoms with E-state index in [4.69, 9.17) is 0 Å². The summed E-state index contributed by atoms with van der Waals surface area (Å²) in [4.78, 5) is 4.29. The van der Waals surface area contributed by atoms with Gasteiger partial charge in [0.2, 0.25) is 10.0 Å². The van der Waals surface area contributed by atoms with Gasteiger partial charge in [0.15, 0.2) is 0 Å². The molecule has 21 heavy (non-hydrogen) atoms. The van der Waals surface area contributed by atoms with Crippen LogP contribution in [0.5, 0.6) is 0 Å².